The largest absolute Gasteiger partial charge is 0.508 e. The zero-order valence-electron chi connectivity index (χ0n) is 11.2. The molecule has 4 N–H and O–H groups in total. The molecule has 0 unspecified atom stereocenters. The molecule has 0 fully saturated rings. The number of benzene rings is 2. The van der Waals surface area contributed by atoms with E-state index in [1.807, 2.05) is 6.92 Å². The van der Waals surface area contributed by atoms with E-state index in [4.69, 9.17) is 10.8 Å². The number of phenolic OH excluding ortho intramolecular Hbond substituents is 1. The summed E-state index contributed by atoms with van der Waals surface area (Å²) >= 11 is 0. The summed E-state index contributed by atoms with van der Waals surface area (Å²) in [7, 11) is 0. The molecule has 0 saturated carbocycles. The van der Waals surface area contributed by atoms with Crippen molar-refractivity contribution in [2.75, 3.05) is 11.1 Å². The Morgan fingerprint density at radius 3 is 2.60 bits per heavy atom. The molecule has 0 aromatic heterocycles. The number of aromatic hydroxyl groups is 1. The van der Waals surface area contributed by atoms with Gasteiger partial charge in [0.25, 0.3) is 5.91 Å². The number of carbonyl (C=O) groups excluding carboxylic acids is 1. The highest BCUT2D eigenvalue weighted by molar-refractivity contribution is 6.05. The van der Waals surface area contributed by atoms with Crippen LogP contribution in [0.1, 0.15) is 21.5 Å². The molecule has 0 aliphatic rings. The molecule has 0 atom stereocenters. The lowest BCUT2D eigenvalue weighted by atomic mass is 10.1. The van der Waals surface area contributed by atoms with E-state index < -0.39 is 11.7 Å². The third-order valence-electron chi connectivity index (χ3n) is 3.15. The summed E-state index contributed by atoms with van der Waals surface area (Å²) in [6.45, 7) is 3.61. The van der Waals surface area contributed by atoms with Crippen molar-refractivity contribution in [2.45, 2.75) is 13.8 Å². The van der Waals surface area contributed by atoms with Gasteiger partial charge in [-0.15, -0.1) is 0 Å². The first-order chi connectivity index (χ1) is 9.40. The van der Waals surface area contributed by atoms with Crippen LogP contribution < -0.4 is 11.1 Å². The first-order valence-electron chi connectivity index (χ1n) is 6.05. The molecule has 0 bridgehead atoms. The van der Waals surface area contributed by atoms with Gasteiger partial charge in [-0.1, -0.05) is 6.07 Å². The van der Waals surface area contributed by atoms with Gasteiger partial charge in [-0.05, 0) is 43.2 Å². The van der Waals surface area contributed by atoms with E-state index in [9.17, 15) is 9.18 Å². The van der Waals surface area contributed by atoms with Crippen molar-refractivity contribution >= 4 is 17.3 Å². The van der Waals surface area contributed by atoms with Crippen LogP contribution >= 0.6 is 0 Å². The smallest absolute Gasteiger partial charge is 0.258 e. The maximum absolute atomic E-state index is 13.6. The van der Waals surface area contributed by atoms with Gasteiger partial charge >= 0.3 is 0 Å². The number of halogens is 1. The molecule has 4 nitrogen and oxygen atoms in total. The predicted octanol–water partition coefficient (Wildman–Crippen LogP) is 2.98. The fraction of sp³-hybridized carbons (Fsp3) is 0.133. The molecule has 2 aromatic carbocycles. The molecule has 0 aliphatic carbocycles. The topological polar surface area (TPSA) is 75.3 Å². The number of nitrogens with one attached hydrogen (secondary N) is 1. The Kier molecular flexibility index (Phi) is 3.61. The molecule has 0 radical (unpaired) electrons. The van der Waals surface area contributed by atoms with E-state index in [0.717, 1.165) is 17.2 Å². The minimum absolute atomic E-state index is 0.135. The number of amides is 1. The van der Waals surface area contributed by atoms with Crippen LogP contribution in [0.25, 0.3) is 0 Å². The van der Waals surface area contributed by atoms with Crippen molar-refractivity contribution in [3.8, 4) is 5.75 Å². The number of anilines is 2. The second-order valence-corrected chi connectivity index (χ2v) is 4.59. The van der Waals surface area contributed by atoms with Crippen molar-refractivity contribution in [2.24, 2.45) is 0 Å². The summed E-state index contributed by atoms with van der Waals surface area (Å²) in [4.78, 5) is 12.1. The first kappa shape index (κ1) is 13.9. The molecule has 5 heteroatoms. The third kappa shape index (κ3) is 2.56. The monoisotopic (exact) mass is 274 g/mol. The fourth-order valence-corrected chi connectivity index (χ4v) is 1.92. The lowest BCUT2D eigenvalue weighted by molar-refractivity contribution is 0.102. The Morgan fingerprint density at radius 1 is 1.25 bits per heavy atom. The van der Waals surface area contributed by atoms with Gasteiger partial charge < -0.3 is 16.2 Å². The van der Waals surface area contributed by atoms with Crippen LogP contribution in [0.2, 0.25) is 0 Å². The fourth-order valence-electron chi connectivity index (χ4n) is 1.92. The van der Waals surface area contributed by atoms with Gasteiger partial charge in [0.15, 0.2) is 0 Å². The highest BCUT2D eigenvalue weighted by atomic mass is 19.1. The van der Waals surface area contributed by atoms with E-state index in [0.29, 0.717) is 11.4 Å². The predicted molar refractivity (Wildman–Crippen MR) is 76.3 cm³/mol. The molecule has 0 heterocycles. The average molecular weight is 274 g/mol. The van der Waals surface area contributed by atoms with Crippen LogP contribution in [0.3, 0.4) is 0 Å². The van der Waals surface area contributed by atoms with Gasteiger partial charge in [0.2, 0.25) is 0 Å². The number of aryl methyl sites for hydroxylation is 1. The molecular formula is C15H15FN2O2. The van der Waals surface area contributed by atoms with Gasteiger partial charge in [0, 0.05) is 17.4 Å². The number of hydrogen-bond acceptors (Lipinski definition) is 3. The highest BCUT2D eigenvalue weighted by Crippen LogP contribution is 2.26. The lowest BCUT2D eigenvalue weighted by Gasteiger charge is -2.13. The lowest BCUT2D eigenvalue weighted by Crippen LogP contribution is -2.15. The molecule has 2 rings (SSSR count). The number of hydrogen-bond donors (Lipinski definition) is 3. The van der Waals surface area contributed by atoms with Gasteiger partial charge in [-0.25, -0.2) is 4.39 Å². The van der Waals surface area contributed by atoms with Crippen LogP contribution in [0.4, 0.5) is 15.8 Å². The van der Waals surface area contributed by atoms with Crippen LogP contribution in [0.5, 0.6) is 5.75 Å². The Labute approximate surface area is 116 Å². The quantitative estimate of drug-likeness (QED) is 0.737. The Bertz CT molecular complexity index is 684. The van der Waals surface area contributed by atoms with Crippen molar-refractivity contribution in [1.29, 1.82) is 0 Å². The van der Waals surface area contributed by atoms with E-state index in [1.165, 1.54) is 12.1 Å². The van der Waals surface area contributed by atoms with E-state index in [-0.39, 0.29) is 11.3 Å². The molecule has 20 heavy (non-hydrogen) atoms. The number of nitrogen functional groups attached to an aromatic ring is 1. The summed E-state index contributed by atoms with van der Waals surface area (Å²) in [6.07, 6.45) is 0. The summed E-state index contributed by atoms with van der Waals surface area (Å²) < 4.78 is 13.6. The van der Waals surface area contributed by atoms with Crippen LogP contribution in [0.15, 0.2) is 30.3 Å². The molecule has 0 saturated heterocycles. The second-order valence-electron chi connectivity index (χ2n) is 4.59. The van der Waals surface area contributed by atoms with Crippen LogP contribution in [0, 0.1) is 19.7 Å². The van der Waals surface area contributed by atoms with E-state index in [1.54, 1.807) is 19.1 Å². The summed E-state index contributed by atoms with van der Waals surface area (Å²) in [5, 5.41) is 11.8. The Hall–Kier alpha value is -2.56. The highest BCUT2D eigenvalue weighted by Gasteiger charge is 2.15. The number of nitrogens with two attached hydrogens (primary N) is 1. The van der Waals surface area contributed by atoms with Crippen LogP contribution in [-0.2, 0) is 0 Å². The molecule has 1 amide bonds. The van der Waals surface area contributed by atoms with Crippen molar-refractivity contribution in [3.63, 3.8) is 0 Å². The molecule has 104 valence electrons. The first-order valence-corrected chi connectivity index (χ1v) is 6.05. The minimum atomic E-state index is -0.776. The van der Waals surface area contributed by atoms with Gasteiger partial charge in [0.1, 0.15) is 11.6 Å². The normalized spacial score (nSPS) is 10.3. The van der Waals surface area contributed by atoms with Gasteiger partial charge in [-0.2, -0.15) is 0 Å². The molecular weight excluding hydrogens is 259 g/mol. The standard InChI is InChI=1S/C15H15FN2O2/c1-8-3-6-13(17)9(2)14(8)18-15(20)11-5-4-10(19)7-12(11)16/h3-7,19H,17H2,1-2H3,(H,18,20). The maximum Gasteiger partial charge on any atom is 0.258 e. The summed E-state index contributed by atoms with van der Waals surface area (Å²) in [6, 6.07) is 6.93. The van der Waals surface area contributed by atoms with Crippen LogP contribution in [-0.4, -0.2) is 11.0 Å². The van der Waals surface area contributed by atoms with Crippen molar-refractivity contribution < 1.29 is 14.3 Å². The SMILES string of the molecule is Cc1ccc(N)c(C)c1NC(=O)c1ccc(O)cc1F. The Morgan fingerprint density at radius 2 is 1.95 bits per heavy atom. The summed E-state index contributed by atoms with van der Waals surface area (Å²) in [5.41, 5.74) is 8.36. The van der Waals surface area contributed by atoms with E-state index >= 15 is 0 Å². The minimum Gasteiger partial charge on any atom is -0.508 e. The maximum atomic E-state index is 13.6. The zero-order chi connectivity index (χ0) is 14.9. The average Bonchev–Trinajstić information content (AvgIpc) is 2.39. The molecule has 0 aliphatic heterocycles. The Balaban J connectivity index is 2.35. The second kappa shape index (κ2) is 5.21. The van der Waals surface area contributed by atoms with Crippen molar-refractivity contribution in [1.82, 2.24) is 0 Å². The molecule has 2 aromatic rings. The third-order valence-corrected chi connectivity index (χ3v) is 3.15. The molecule has 0 spiro atoms. The summed E-state index contributed by atoms with van der Waals surface area (Å²) in [5.74, 6) is -1.59. The van der Waals surface area contributed by atoms with Crippen molar-refractivity contribution in [3.05, 3.63) is 52.8 Å². The number of phenols is 1. The number of rotatable bonds is 2. The van der Waals surface area contributed by atoms with E-state index in [2.05, 4.69) is 5.32 Å². The van der Waals surface area contributed by atoms with Gasteiger partial charge in [0.05, 0.1) is 5.56 Å². The zero-order valence-corrected chi connectivity index (χ0v) is 11.2. The number of carbonyl (C=O) groups is 1. The van der Waals surface area contributed by atoms with Gasteiger partial charge in [-0.3, -0.25) is 4.79 Å².